The third-order valence-electron chi connectivity index (χ3n) is 14.6. The lowest BCUT2D eigenvalue weighted by Crippen LogP contribution is -2.52. The van der Waals surface area contributed by atoms with Crippen LogP contribution in [0.4, 0.5) is 5.69 Å². The van der Waals surface area contributed by atoms with Crippen LogP contribution >= 0.6 is 0 Å². The molecule has 4 heterocycles. The molecule has 9 aromatic carbocycles. The lowest BCUT2D eigenvalue weighted by atomic mass is 9.37. The van der Waals surface area contributed by atoms with Crippen molar-refractivity contribution < 1.29 is 0 Å². The molecule has 0 radical (unpaired) electrons. The predicted molar refractivity (Wildman–Crippen MR) is 297 cm³/mol. The number of aryl methyl sites for hydroxylation is 6. The first-order chi connectivity index (χ1) is 34.6. The van der Waals surface area contributed by atoms with Gasteiger partial charge in [0, 0.05) is 16.2 Å². The van der Waals surface area contributed by atoms with Crippen LogP contribution in [0.25, 0.3) is 93.8 Å². The second kappa shape index (κ2) is 16.1. The minimum atomic E-state index is -0.150. The first-order valence-corrected chi connectivity index (χ1v) is 24.3. The van der Waals surface area contributed by atoms with Crippen molar-refractivity contribution in [3.8, 4) is 23.3 Å². The van der Waals surface area contributed by atoms with Gasteiger partial charge >= 0.3 is 0 Å². The molecule has 4 aromatic heterocycles. The van der Waals surface area contributed by atoms with Crippen LogP contribution in [0.1, 0.15) is 33.4 Å². The van der Waals surface area contributed by atoms with Crippen molar-refractivity contribution in [1.82, 2.24) is 28.2 Å². The Bertz CT molecular complexity index is 4340. The standard InChI is InChI=1S/C63H48BN7/c1-38-31-40(3)60(41(4)32-38)70-56-23-15-12-20-52(56)66-62(70)68-54-22-14-11-19-48(54)49-28-25-45(35-58(49)68)64(44-17-9-8-10-18-44)46-26-29-50-51-37-47(65-7)27-30-55(51)69(59(50)36-46)63-67-53-21-13-16-24-57(53)71(63)61-42(5)33-39(2)34-43(61)6/h8-37H,1-6H3. The summed E-state index contributed by atoms with van der Waals surface area (Å²) in [5, 5.41) is 4.42. The van der Waals surface area contributed by atoms with Gasteiger partial charge in [-0.25, -0.2) is 14.8 Å². The largest absolute Gasteiger partial charge is 0.279 e. The van der Waals surface area contributed by atoms with E-state index in [1.165, 1.54) is 49.6 Å². The molecule has 0 atom stereocenters. The zero-order valence-corrected chi connectivity index (χ0v) is 40.5. The molecule has 0 spiro atoms. The molecule has 13 aromatic rings. The highest BCUT2D eigenvalue weighted by Crippen LogP contribution is 2.39. The van der Waals surface area contributed by atoms with E-state index in [1.54, 1.807) is 0 Å². The highest BCUT2D eigenvalue weighted by atomic mass is 15.3. The van der Waals surface area contributed by atoms with Crippen molar-refractivity contribution in [3.63, 3.8) is 0 Å². The summed E-state index contributed by atoms with van der Waals surface area (Å²) in [6, 6.07) is 65.6. The summed E-state index contributed by atoms with van der Waals surface area (Å²) in [6.07, 6.45) is 0. The van der Waals surface area contributed by atoms with Crippen molar-refractivity contribution in [2.45, 2.75) is 41.5 Å². The predicted octanol–water partition coefficient (Wildman–Crippen LogP) is 13.5. The lowest BCUT2D eigenvalue weighted by Gasteiger charge is -2.19. The van der Waals surface area contributed by atoms with E-state index in [-0.39, 0.29) is 6.71 Å². The van der Waals surface area contributed by atoms with Crippen LogP contribution in [0.3, 0.4) is 0 Å². The third-order valence-corrected chi connectivity index (χ3v) is 14.6. The first-order valence-electron chi connectivity index (χ1n) is 24.3. The Balaban J connectivity index is 1.09. The first kappa shape index (κ1) is 42.2. The molecule has 13 rings (SSSR count). The fourth-order valence-electron chi connectivity index (χ4n) is 11.9. The molecule has 0 N–H and O–H groups in total. The molecule has 7 nitrogen and oxygen atoms in total. The molecule has 0 bridgehead atoms. The van der Waals surface area contributed by atoms with Gasteiger partial charge in [-0.1, -0.05) is 155 Å². The Kier molecular flexibility index (Phi) is 9.56. The quantitative estimate of drug-likeness (QED) is 0.118. The molecule has 8 heteroatoms. The van der Waals surface area contributed by atoms with E-state index in [1.807, 2.05) is 12.1 Å². The summed E-state index contributed by atoms with van der Waals surface area (Å²) in [6.45, 7) is 21.0. The Morgan fingerprint density at radius 1 is 0.366 bits per heavy atom. The fourth-order valence-corrected chi connectivity index (χ4v) is 11.9. The number of hydrogen-bond donors (Lipinski definition) is 0. The van der Waals surface area contributed by atoms with E-state index in [0.717, 1.165) is 89.1 Å². The van der Waals surface area contributed by atoms with E-state index in [9.17, 15) is 0 Å². The molecule has 0 amide bonds. The molecule has 0 fully saturated rings. The summed E-state index contributed by atoms with van der Waals surface area (Å²) < 4.78 is 9.40. The van der Waals surface area contributed by atoms with E-state index in [0.29, 0.717) is 5.69 Å². The van der Waals surface area contributed by atoms with Gasteiger partial charge in [-0.15, -0.1) is 0 Å². The van der Waals surface area contributed by atoms with Gasteiger partial charge in [0.1, 0.15) is 0 Å². The van der Waals surface area contributed by atoms with Crippen molar-refractivity contribution in [3.05, 3.63) is 227 Å². The van der Waals surface area contributed by atoms with Gasteiger partial charge in [0.05, 0.1) is 62.1 Å². The van der Waals surface area contributed by atoms with E-state index in [2.05, 4.69) is 235 Å². The van der Waals surface area contributed by atoms with Gasteiger partial charge in [0.15, 0.2) is 5.69 Å². The maximum Gasteiger partial charge on any atom is 0.241 e. The topological polar surface area (TPSA) is 49.9 Å². The number of aromatic nitrogens is 6. The summed E-state index contributed by atoms with van der Waals surface area (Å²) >= 11 is 0. The van der Waals surface area contributed by atoms with Gasteiger partial charge in [0.2, 0.25) is 18.6 Å². The monoisotopic (exact) mass is 913 g/mol. The van der Waals surface area contributed by atoms with Crippen LogP contribution in [0.5, 0.6) is 0 Å². The van der Waals surface area contributed by atoms with Gasteiger partial charge in [-0.2, -0.15) is 0 Å². The van der Waals surface area contributed by atoms with Crippen LogP contribution < -0.4 is 16.4 Å². The highest BCUT2D eigenvalue weighted by molar-refractivity contribution is 6.95. The summed E-state index contributed by atoms with van der Waals surface area (Å²) in [7, 11) is 0. The summed E-state index contributed by atoms with van der Waals surface area (Å²) in [5.74, 6) is 1.66. The molecule has 0 saturated heterocycles. The molecular formula is C63H48BN7. The van der Waals surface area contributed by atoms with Crippen LogP contribution in [0.2, 0.25) is 0 Å². The van der Waals surface area contributed by atoms with Crippen molar-refractivity contribution in [2.24, 2.45) is 0 Å². The lowest BCUT2D eigenvalue weighted by molar-refractivity contribution is 0.941. The zero-order valence-electron chi connectivity index (χ0n) is 40.5. The number of rotatable bonds is 7. The number of nitrogens with zero attached hydrogens (tertiary/aromatic N) is 7. The smallest absolute Gasteiger partial charge is 0.241 e. The van der Waals surface area contributed by atoms with E-state index >= 15 is 0 Å². The zero-order chi connectivity index (χ0) is 48.2. The van der Waals surface area contributed by atoms with Crippen molar-refractivity contribution in [2.75, 3.05) is 0 Å². The molecule has 0 unspecified atom stereocenters. The van der Waals surface area contributed by atoms with Gasteiger partial charge in [-0.3, -0.25) is 18.3 Å². The normalized spacial score (nSPS) is 11.8. The number of hydrogen-bond acceptors (Lipinski definition) is 2. The molecule has 0 aliphatic rings. The van der Waals surface area contributed by atoms with Gasteiger partial charge in [0.25, 0.3) is 0 Å². The molecule has 0 aliphatic carbocycles. The van der Waals surface area contributed by atoms with Crippen LogP contribution in [-0.2, 0) is 0 Å². The van der Waals surface area contributed by atoms with Crippen molar-refractivity contribution in [1.29, 1.82) is 0 Å². The van der Waals surface area contributed by atoms with Crippen molar-refractivity contribution >= 4 is 94.5 Å². The highest BCUT2D eigenvalue weighted by Gasteiger charge is 2.28. The second-order valence-corrected chi connectivity index (χ2v) is 19.4. The Hall–Kier alpha value is -8.93. The number of para-hydroxylation sites is 5. The minimum Gasteiger partial charge on any atom is -0.279 e. The SMILES string of the molecule is [C-]#[N+]c1ccc2c(c1)c1ccc(B(c3ccccc3)c3ccc4c5ccccc5n(-c5nc6ccccc6n5-c5c(C)cc(C)cc5C)c4c3)cc1n2-c1nc2ccccc2n1-c1c(C)cc(C)cc1C. The molecule has 71 heavy (non-hydrogen) atoms. The van der Waals surface area contributed by atoms with Gasteiger partial charge in [-0.05, 0) is 124 Å². The minimum absolute atomic E-state index is 0.150. The second-order valence-electron chi connectivity index (χ2n) is 19.4. The summed E-state index contributed by atoms with van der Waals surface area (Å²) in [4.78, 5) is 14.9. The Morgan fingerprint density at radius 2 is 0.803 bits per heavy atom. The Labute approximate surface area is 412 Å². The summed E-state index contributed by atoms with van der Waals surface area (Å²) in [5.41, 5.74) is 21.8. The van der Waals surface area contributed by atoms with Crippen LogP contribution in [0.15, 0.2) is 182 Å². The number of imidazole rings is 2. The number of fused-ring (bicyclic) bond motifs is 8. The van der Waals surface area contributed by atoms with E-state index < -0.39 is 0 Å². The van der Waals surface area contributed by atoms with Gasteiger partial charge < -0.3 is 0 Å². The van der Waals surface area contributed by atoms with E-state index in [4.69, 9.17) is 16.5 Å². The molecular weight excluding hydrogens is 866 g/mol. The average molecular weight is 914 g/mol. The molecule has 0 aliphatic heterocycles. The molecule has 0 saturated carbocycles. The molecule has 338 valence electrons. The van der Waals surface area contributed by atoms with Crippen LogP contribution in [-0.4, -0.2) is 34.9 Å². The van der Waals surface area contributed by atoms with Crippen LogP contribution in [0, 0.1) is 48.1 Å². The third kappa shape index (κ3) is 6.50. The maximum atomic E-state index is 8.03. The maximum absolute atomic E-state index is 8.03. The Morgan fingerprint density at radius 3 is 1.32 bits per heavy atom. The number of benzene rings is 9. The fraction of sp³-hybridized carbons (Fsp3) is 0.0952. The average Bonchev–Trinajstić information content (AvgIpc) is 4.11.